The molecular formula is C40H39N3O. The number of aryl methyl sites for hydroxylation is 2. The molecule has 44 heavy (non-hydrogen) atoms. The molecule has 0 aliphatic rings. The number of nitrogens with zero attached hydrogens (tertiary/aromatic N) is 3. The molecule has 0 amide bonds. The first-order valence-corrected chi connectivity index (χ1v) is 15.7. The fraction of sp³-hybridized carbons (Fsp3) is 0.225. The lowest BCUT2D eigenvalue weighted by Gasteiger charge is -2.13. The first kappa shape index (κ1) is 29.1. The zero-order valence-electron chi connectivity index (χ0n) is 25.9. The van der Waals surface area contributed by atoms with Gasteiger partial charge in [-0.05, 0) is 121 Å². The second-order valence-electron chi connectivity index (χ2n) is 11.5. The van der Waals surface area contributed by atoms with Crippen molar-refractivity contribution in [2.75, 3.05) is 7.11 Å². The Hall–Kier alpha value is -5.01. The monoisotopic (exact) mass is 577 g/mol. The maximum Gasteiger partial charge on any atom is 0.118 e. The summed E-state index contributed by atoms with van der Waals surface area (Å²) in [5, 5.41) is 9.44. The van der Waals surface area contributed by atoms with E-state index in [2.05, 4.69) is 114 Å². The number of ether oxygens (including phenoxy) is 1. The van der Waals surface area contributed by atoms with Gasteiger partial charge in [-0.1, -0.05) is 63.1 Å². The fourth-order valence-electron chi connectivity index (χ4n) is 6.00. The number of hydrogen-bond donors (Lipinski definition) is 0. The molecular weight excluding hydrogens is 538 g/mol. The molecule has 0 saturated carbocycles. The van der Waals surface area contributed by atoms with E-state index < -0.39 is 0 Å². The van der Waals surface area contributed by atoms with Crippen LogP contribution in [0.1, 0.15) is 56.2 Å². The van der Waals surface area contributed by atoms with Crippen LogP contribution in [0, 0.1) is 11.3 Å². The van der Waals surface area contributed by atoms with Gasteiger partial charge in [0, 0.05) is 11.4 Å². The molecule has 0 unspecified atom stereocenters. The van der Waals surface area contributed by atoms with Crippen LogP contribution in [0.2, 0.25) is 0 Å². The van der Waals surface area contributed by atoms with Crippen molar-refractivity contribution in [1.82, 2.24) is 9.13 Å². The highest BCUT2D eigenvalue weighted by Gasteiger charge is 2.21. The minimum Gasteiger partial charge on any atom is -0.497 e. The van der Waals surface area contributed by atoms with E-state index in [0.717, 1.165) is 63.5 Å². The van der Waals surface area contributed by atoms with Crippen LogP contribution in [0.25, 0.3) is 44.9 Å². The van der Waals surface area contributed by atoms with E-state index in [0.29, 0.717) is 5.56 Å². The normalized spacial score (nSPS) is 11.1. The average molecular weight is 578 g/mol. The minimum atomic E-state index is 0.658. The zero-order chi connectivity index (χ0) is 30.5. The first-order chi connectivity index (χ1) is 21.6. The van der Waals surface area contributed by atoms with E-state index in [9.17, 15) is 5.26 Å². The van der Waals surface area contributed by atoms with Crippen molar-refractivity contribution in [3.05, 3.63) is 126 Å². The predicted molar refractivity (Wildman–Crippen MR) is 182 cm³/mol. The Labute approximate surface area is 260 Å². The second kappa shape index (κ2) is 13.1. The lowest BCUT2D eigenvalue weighted by molar-refractivity contribution is 0.415. The Kier molecular flexibility index (Phi) is 8.66. The number of benzene rings is 4. The molecule has 0 spiro atoms. The number of fused-ring (bicyclic) bond motifs is 1. The first-order valence-electron chi connectivity index (χ1n) is 15.7. The highest BCUT2D eigenvalue weighted by molar-refractivity contribution is 5.93. The quantitative estimate of drug-likeness (QED) is 0.154. The summed E-state index contributed by atoms with van der Waals surface area (Å²) < 4.78 is 10.2. The summed E-state index contributed by atoms with van der Waals surface area (Å²) in [6.45, 7) is 4.47. The molecule has 0 aliphatic carbocycles. The molecule has 4 heteroatoms. The zero-order valence-corrected chi connectivity index (χ0v) is 25.9. The van der Waals surface area contributed by atoms with Crippen molar-refractivity contribution in [3.8, 4) is 45.7 Å². The van der Waals surface area contributed by atoms with Crippen LogP contribution in [0.3, 0.4) is 0 Å². The molecule has 2 heterocycles. The van der Waals surface area contributed by atoms with Gasteiger partial charge >= 0.3 is 0 Å². The summed E-state index contributed by atoms with van der Waals surface area (Å²) in [6.07, 6.45) is 6.94. The summed E-state index contributed by atoms with van der Waals surface area (Å²) in [7, 11) is 1.70. The Morgan fingerprint density at radius 2 is 1.02 bits per heavy atom. The standard InChI is InChI=1S/C40H39N3O/c1-4-6-8-29-12-20-34(21-13-29)42-37(32-16-10-31(28-41)11-17-32)26-39-40(42)27-38(33-18-24-36(44-3)25-19-33)43(39)35-22-14-30(15-23-35)9-7-5-2/h10-27H,4-9H2,1-3H3. The Bertz CT molecular complexity index is 1880. The van der Waals surface area contributed by atoms with Crippen LogP contribution in [0.15, 0.2) is 109 Å². The molecule has 2 aromatic heterocycles. The van der Waals surface area contributed by atoms with Crippen molar-refractivity contribution in [1.29, 1.82) is 5.26 Å². The highest BCUT2D eigenvalue weighted by atomic mass is 16.5. The molecule has 220 valence electrons. The van der Waals surface area contributed by atoms with E-state index in [1.54, 1.807) is 7.11 Å². The van der Waals surface area contributed by atoms with Crippen molar-refractivity contribution < 1.29 is 4.74 Å². The predicted octanol–water partition coefficient (Wildman–Crippen LogP) is 10.3. The Balaban J connectivity index is 1.58. The van der Waals surface area contributed by atoms with Gasteiger partial charge in [-0.25, -0.2) is 0 Å². The maximum atomic E-state index is 9.44. The molecule has 0 atom stereocenters. The van der Waals surface area contributed by atoms with Crippen LogP contribution < -0.4 is 4.74 Å². The van der Waals surface area contributed by atoms with Crippen molar-refractivity contribution in [2.45, 2.75) is 52.4 Å². The molecule has 0 N–H and O–H groups in total. The largest absolute Gasteiger partial charge is 0.497 e. The average Bonchev–Trinajstić information content (AvgIpc) is 3.63. The third-order valence-corrected chi connectivity index (χ3v) is 8.50. The molecule has 4 nitrogen and oxygen atoms in total. The lowest BCUT2D eigenvalue weighted by Crippen LogP contribution is -1.98. The molecule has 0 saturated heterocycles. The van der Waals surface area contributed by atoms with E-state index >= 15 is 0 Å². The van der Waals surface area contributed by atoms with Gasteiger partial charge in [-0.2, -0.15) is 5.26 Å². The summed E-state index contributed by atoms with van der Waals surface area (Å²) in [4.78, 5) is 0. The van der Waals surface area contributed by atoms with Gasteiger partial charge in [0.1, 0.15) is 5.75 Å². The SMILES string of the molecule is CCCCc1ccc(-n2c(-c3ccc(C#N)cc3)cc3c2cc(-c2ccc(OC)cc2)n3-c2ccc(CCCC)cc2)cc1. The number of rotatable bonds is 11. The minimum absolute atomic E-state index is 0.658. The third-order valence-electron chi connectivity index (χ3n) is 8.50. The van der Waals surface area contributed by atoms with E-state index in [1.165, 1.54) is 36.8 Å². The van der Waals surface area contributed by atoms with Crippen LogP contribution in [0.4, 0.5) is 0 Å². The number of hydrogen-bond acceptors (Lipinski definition) is 2. The van der Waals surface area contributed by atoms with Gasteiger partial charge in [-0.15, -0.1) is 0 Å². The van der Waals surface area contributed by atoms with Gasteiger partial charge in [0.25, 0.3) is 0 Å². The Morgan fingerprint density at radius 3 is 1.41 bits per heavy atom. The van der Waals surface area contributed by atoms with Gasteiger partial charge < -0.3 is 13.9 Å². The van der Waals surface area contributed by atoms with Crippen LogP contribution in [-0.2, 0) is 12.8 Å². The van der Waals surface area contributed by atoms with E-state index in [-0.39, 0.29) is 0 Å². The van der Waals surface area contributed by atoms with Crippen molar-refractivity contribution in [3.63, 3.8) is 0 Å². The summed E-state index contributed by atoms with van der Waals surface area (Å²) in [6, 6.07) is 41.1. The smallest absolute Gasteiger partial charge is 0.118 e. The van der Waals surface area contributed by atoms with Gasteiger partial charge in [0.15, 0.2) is 0 Å². The lowest BCUT2D eigenvalue weighted by atomic mass is 10.1. The molecule has 0 aliphatic heterocycles. The van der Waals surface area contributed by atoms with Crippen LogP contribution in [0.5, 0.6) is 5.75 Å². The fourth-order valence-corrected chi connectivity index (χ4v) is 6.00. The number of aromatic nitrogens is 2. The van der Waals surface area contributed by atoms with Crippen LogP contribution in [-0.4, -0.2) is 16.2 Å². The molecule has 6 aromatic rings. The summed E-state index contributed by atoms with van der Waals surface area (Å²) in [5.74, 6) is 0.840. The summed E-state index contributed by atoms with van der Waals surface area (Å²) in [5.41, 5.74) is 12.3. The van der Waals surface area contributed by atoms with Gasteiger partial charge in [0.05, 0.1) is 41.2 Å². The maximum absolute atomic E-state index is 9.44. The molecule has 4 aromatic carbocycles. The van der Waals surface area contributed by atoms with Crippen molar-refractivity contribution in [2.24, 2.45) is 0 Å². The topological polar surface area (TPSA) is 42.9 Å². The third kappa shape index (κ3) is 5.79. The number of nitriles is 1. The molecule has 0 fully saturated rings. The van der Waals surface area contributed by atoms with Gasteiger partial charge in [0.2, 0.25) is 0 Å². The highest BCUT2D eigenvalue weighted by Crippen LogP contribution is 2.39. The second-order valence-corrected chi connectivity index (χ2v) is 11.5. The Morgan fingerprint density at radius 1 is 0.591 bits per heavy atom. The number of unbranched alkanes of at least 4 members (excludes halogenated alkanes) is 2. The molecule has 6 rings (SSSR count). The molecule has 0 bridgehead atoms. The van der Waals surface area contributed by atoms with Crippen molar-refractivity contribution >= 4 is 11.0 Å². The number of methoxy groups -OCH3 is 1. The van der Waals surface area contributed by atoms with E-state index in [4.69, 9.17) is 4.74 Å². The van der Waals surface area contributed by atoms with E-state index in [1.807, 2.05) is 24.3 Å². The van der Waals surface area contributed by atoms with Crippen LogP contribution >= 0.6 is 0 Å². The van der Waals surface area contributed by atoms with Gasteiger partial charge in [-0.3, -0.25) is 0 Å². The summed E-state index contributed by atoms with van der Waals surface area (Å²) >= 11 is 0. The molecule has 0 radical (unpaired) electrons.